The Morgan fingerprint density at radius 2 is 0.936 bits per heavy atom. The van der Waals surface area contributed by atoms with Crippen molar-refractivity contribution in [3.05, 3.63) is 250 Å². The number of fused-ring (bicyclic) bond motifs is 3. The molecule has 1 fully saturated rings. The molecule has 1 aliphatic carbocycles. The fourth-order valence-corrected chi connectivity index (χ4v) is 12.5. The standard InChI is InChI=1S/C79H96N4O11/c1-4-5-6-7-8-9-10-11-12-13-14-30-49-70(86-50-59-35-20-15-21-36-59)73(87-51-60-37-22-16-23-38-60)69(82-83-80)56-92-78-76(90-54-63-43-28-19-29-44-63)75(89-53-62-41-26-18-27-42-62)74(88-52-61-39-24-17-25-40-61)71(94-78)57-91-77(84)72(58(2)3)81-79(85)93-55-68-66-47-33-31-45-64(66)65-46-32-34-48-67(65)68/h15-29,31-48,58,68-76,78H,4-14,30,49-57H2,1-3H3,(H,81,85)/t69-,70+,71+,72-,73-,74-,75-,76+,78-/m0/s1. The SMILES string of the molecule is CCCCCCCCCCCCCC[C@@H](OCc1ccccc1)[C@@H](OCc1ccccc1)[C@H](CO[C@H]1O[C@H](COC(=O)[C@@H](NC(=O)OCC2c3ccccc3-c3ccccc32)C(C)C)[C@H](OCc2ccccc2)[C@H](OCc2ccccc2)[C@H]1OCc1ccccc1)N=[N+]=[N-]. The summed E-state index contributed by atoms with van der Waals surface area (Å²) in [5, 5.41) is 7.30. The van der Waals surface area contributed by atoms with Crippen LogP contribution in [0, 0.1) is 5.92 Å². The quantitative estimate of drug-likeness (QED) is 0.0127. The van der Waals surface area contributed by atoms with Gasteiger partial charge in [-0.25, -0.2) is 9.59 Å². The lowest BCUT2D eigenvalue weighted by Gasteiger charge is -2.46. The van der Waals surface area contributed by atoms with E-state index in [9.17, 15) is 15.1 Å². The summed E-state index contributed by atoms with van der Waals surface area (Å²) in [6.45, 7) is 6.40. The summed E-state index contributed by atoms with van der Waals surface area (Å²) >= 11 is 0. The summed E-state index contributed by atoms with van der Waals surface area (Å²) in [4.78, 5) is 31.9. The summed E-state index contributed by atoms with van der Waals surface area (Å²) < 4.78 is 61.2. The van der Waals surface area contributed by atoms with Crippen molar-refractivity contribution in [1.29, 1.82) is 0 Å². The van der Waals surface area contributed by atoms with Crippen LogP contribution in [0.25, 0.3) is 21.6 Å². The molecule has 1 N–H and O–H groups in total. The van der Waals surface area contributed by atoms with E-state index < -0.39 is 73.0 Å². The van der Waals surface area contributed by atoms with Crippen LogP contribution in [-0.2, 0) is 80.5 Å². The second-order valence-electron chi connectivity index (χ2n) is 25.0. The van der Waals surface area contributed by atoms with Crippen LogP contribution in [0.2, 0.25) is 0 Å². The highest BCUT2D eigenvalue weighted by atomic mass is 16.7. The molecular weight excluding hydrogens is 1180 g/mol. The first-order chi connectivity index (χ1) is 46.3. The molecule has 0 spiro atoms. The number of hydrogen-bond donors (Lipinski definition) is 1. The van der Waals surface area contributed by atoms with E-state index in [1.165, 1.54) is 57.8 Å². The lowest BCUT2D eigenvalue weighted by molar-refractivity contribution is -0.328. The van der Waals surface area contributed by atoms with Gasteiger partial charge in [-0.2, -0.15) is 0 Å². The molecule has 0 unspecified atom stereocenters. The van der Waals surface area contributed by atoms with E-state index in [-0.39, 0.29) is 52.2 Å². The zero-order valence-corrected chi connectivity index (χ0v) is 55.1. The number of amides is 1. The van der Waals surface area contributed by atoms with Gasteiger partial charge in [0.15, 0.2) is 6.29 Å². The Bertz CT molecular complexity index is 3280. The maximum absolute atomic E-state index is 14.6. The van der Waals surface area contributed by atoms with Gasteiger partial charge in [0.25, 0.3) is 0 Å². The predicted octanol–water partition coefficient (Wildman–Crippen LogP) is 17.5. The first-order valence-corrected chi connectivity index (χ1v) is 34.1. The molecular formula is C79H96N4O11. The van der Waals surface area contributed by atoms with Crippen LogP contribution in [0.3, 0.4) is 0 Å². The van der Waals surface area contributed by atoms with Crippen molar-refractivity contribution in [1.82, 2.24) is 5.32 Å². The maximum Gasteiger partial charge on any atom is 0.407 e. The molecule has 9 rings (SSSR count). The molecule has 1 heterocycles. The third-order valence-corrected chi connectivity index (χ3v) is 17.7. The smallest absolute Gasteiger partial charge is 0.407 e. The number of unbranched alkanes of at least 4 members (excludes halogenated alkanes) is 11. The van der Waals surface area contributed by atoms with Crippen molar-refractivity contribution in [3.63, 3.8) is 0 Å². The minimum absolute atomic E-state index is 0.0661. The molecule has 1 aliphatic heterocycles. The number of azide groups is 1. The molecule has 9 atom stereocenters. The van der Waals surface area contributed by atoms with Gasteiger partial charge in [-0.1, -0.05) is 303 Å². The summed E-state index contributed by atoms with van der Waals surface area (Å²) in [6.07, 6.45) is 7.91. The van der Waals surface area contributed by atoms with E-state index in [2.05, 4.69) is 46.5 Å². The number of benzene rings is 7. The number of ether oxygens (including phenoxy) is 9. The summed E-state index contributed by atoms with van der Waals surface area (Å²) in [6, 6.07) is 63.5. The number of alkyl carbamates (subject to hydrolysis) is 1. The second kappa shape index (κ2) is 39.2. The van der Waals surface area contributed by atoms with Crippen LogP contribution < -0.4 is 5.32 Å². The topological polar surface area (TPSA) is 178 Å². The highest BCUT2D eigenvalue weighted by Crippen LogP contribution is 2.44. The molecule has 15 nitrogen and oxygen atoms in total. The third-order valence-electron chi connectivity index (χ3n) is 17.7. The monoisotopic (exact) mass is 1280 g/mol. The van der Waals surface area contributed by atoms with Gasteiger partial charge >= 0.3 is 12.1 Å². The molecule has 1 saturated heterocycles. The minimum atomic E-state index is -1.24. The summed E-state index contributed by atoms with van der Waals surface area (Å²) in [7, 11) is 0. The summed E-state index contributed by atoms with van der Waals surface area (Å²) in [5.41, 5.74) is 19.5. The van der Waals surface area contributed by atoms with E-state index in [0.717, 1.165) is 69.3 Å². The van der Waals surface area contributed by atoms with Crippen LogP contribution in [0.5, 0.6) is 0 Å². The average Bonchev–Trinajstić information content (AvgIpc) is 1.49. The molecule has 7 aromatic rings. The van der Waals surface area contributed by atoms with E-state index >= 15 is 0 Å². The second-order valence-corrected chi connectivity index (χ2v) is 25.0. The zero-order valence-electron chi connectivity index (χ0n) is 55.1. The van der Waals surface area contributed by atoms with Gasteiger partial charge in [0.1, 0.15) is 43.7 Å². The Kier molecular flexibility index (Phi) is 29.5. The van der Waals surface area contributed by atoms with Crippen LogP contribution in [0.1, 0.15) is 149 Å². The maximum atomic E-state index is 14.6. The number of carbonyl (C=O) groups is 2. The molecule has 0 saturated carbocycles. The van der Waals surface area contributed by atoms with E-state index in [0.29, 0.717) is 13.0 Å². The Balaban J connectivity index is 0.988. The Morgan fingerprint density at radius 3 is 1.43 bits per heavy atom. The zero-order chi connectivity index (χ0) is 65.4. The van der Waals surface area contributed by atoms with Crippen molar-refractivity contribution in [2.24, 2.45) is 11.0 Å². The molecule has 7 aromatic carbocycles. The van der Waals surface area contributed by atoms with Crippen molar-refractivity contribution < 1.29 is 52.2 Å². The molecule has 1 amide bonds. The Labute approximate surface area is 556 Å². The number of nitrogens with zero attached hydrogens (tertiary/aromatic N) is 3. The van der Waals surface area contributed by atoms with Gasteiger partial charge in [0, 0.05) is 10.8 Å². The highest BCUT2D eigenvalue weighted by molar-refractivity contribution is 5.82. The predicted molar refractivity (Wildman–Crippen MR) is 366 cm³/mol. The first-order valence-electron chi connectivity index (χ1n) is 34.1. The Morgan fingerprint density at radius 1 is 0.500 bits per heavy atom. The van der Waals surface area contributed by atoms with Gasteiger partial charge in [0.05, 0.1) is 57.9 Å². The molecule has 0 bridgehead atoms. The molecule has 2 aliphatic rings. The molecule has 94 heavy (non-hydrogen) atoms. The Hall–Kier alpha value is -7.69. The van der Waals surface area contributed by atoms with Crippen molar-refractivity contribution in [3.8, 4) is 11.1 Å². The molecule has 15 heteroatoms. The minimum Gasteiger partial charge on any atom is -0.461 e. The van der Waals surface area contributed by atoms with Gasteiger partial charge in [-0.3, -0.25) is 0 Å². The lowest BCUT2D eigenvalue weighted by Crippen LogP contribution is -2.62. The van der Waals surface area contributed by atoms with Crippen molar-refractivity contribution in [2.45, 2.75) is 198 Å². The molecule has 0 aromatic heterocycles. The molecule has 0 radical (unpaired) electrons. The average molecular weight is 1280 g/mol. The van der Waals surface area contributed by atoms with E-state index in [1.54, 1.807) is 0 Å². The first kappa shape index (κ1) is 70.6. The van der Waals surface area contributed by atoms with Crippen LogP contribution in [-0.4, -0.2) is 86.9 Å². The highest BCUT2D eigenvalue weighted by Gasteiger charge is 2.50. The van der Waals surface area contributed by atoms with Crippen LogP contribution in [0.15, 0.2) is 205 Å². The van der Waals surface area contributed by atoms with Crippen molar-refractivity contribution >= 4 is 12.1 Å². The van der Waals surface area contributed by atoms with Gasteiger partial charge in [-0.15, -0.1) is 0 Å². The van der Waals surface area contributed by atoms with Crippen LogP contribution >= 0.6 is 0 Å². The third kappa shape index (κ3) is 21.9. The van der Waals surface area contributed by atoms with Gasteiger partial charge < -0.3 is 47.9 Å². The number of rotatable bonds is 41. The van der Waals surface area contributed by atoms with Crippen molar-refractivity contribution in [2.75, 3.05) is 19.8 Å². The number of hydrogen-bond acceptors (Lipinski definition) is 12. The summed E-state index contributed by atoms with van der Waals surface area (Å²) in [5.74, 6) is -1.29. The van der Waals surface area contributed by atoms with Gasteiger partial charge in [-0.05, 0) is 67.9 Å². The number of esters is 1. The largest absolute Gasteiger partial charge is 0.461 e. The fourth-order valence-electron chi connectivity index (χ4n) is 12.5. The molecule has 498 valence electrons. The normalized spacial score (nSPS) is 18.1. The van der Waals surface area contributed by atoms with E-state index in [1.807, 2.05) is 190 Å². The fraction of sp³-hybridized carbons (Fsp3) is 0.443. The van der Waals surface area contributed by atoms with Gasteiger partial charge in [0.2, 0.25) is 0 Å². The van der Waals surface area contributed by atoms with Crippen LogP contribution in [0.4, 0.5) is 4.79 Å². The number of carbonyl (C=O) groups excluding carboxylic acids is 2. The number of nitrogens with one attached hydrogen (secondary N) is 1. The lowest BCUT2D eigenvalue weighted by atomic mass is 9.97. The van der Waals surface area contributed by atoms with E-state index in [4.69, 9.17) is 42.6 Å².